The highest BCUT2D eigenvalue weighted by molar-refractivity contribution is 7.92. The first-order valence-electron chi connectivity index (χ1n) is 13.2. The molecule has 3 fully saturated rings. The van der Waals surface area contributed by atoms with Crippen LogP contribution in [0.1, 0.15) is 90.2 Å². The van der Waals surface area contributed by atoms with Gasteiger partial charge in [0.25, 0.3) is 0 Å². The first kappa shape index (κ1) is 26.3. The molecule has 1 aliphatic heterocycles. The van der Waals surface area contributed by atoms with Crippen molar-refractivity contribution in [3.05, 3.63) is 17.8 Å². The Bertz CT molecular complexity index is 1010. The van der Waals surface area contributed by atoms with E-state index in [2.05, 4.69) is 24.1 Å². The van der Waals surface area contributed by atoms with Crippen LogP contribution in [0.5, 0.6) is 0 Å². The van der Waals surface area contributed by atoms with E-state index in [1.54, 1.807) is 12.1 Å². The second kappa shape index (κ2) is 10.3. The van der Waals surface area contributed by atoms with E-state index in [0.717, 1.165) is 37.8 Å². The van der Waals surface area contributed by atoms with Crippen molar-refractivity contribution in [2.75, 3.05) is 4.90 Å². The first-order chi connectivity index (χ1) is 16.5. The summed E-state index contributed by atoms with van der Waals surface area (Å²) in [7, 11) is -3.84. The third-order valence-electron chi connectivity index (χ3n) is 8.22. The molecule has 35 heavy (non-hydrogen) atoms. The Morgan fingerprint density at radius 2 is 1.63 bits per heavy atom. The number of piperidine rings is 1. The Balaban J connectivity index is 1.61. The van der Waals surface area contributed by atoms with Gasteiger partial charge in [-0.1, -0.05) is 12.8 Å². The number of hydrogen-bond acceptors (Lipinski definition) is 5. The van der Waals surface area contributed by atoms with Crippen LogP contribution in [0.2, 0.25) is 0 Å². The predicted molar refractivity (Wildman–Crippen MR) is 133 cm³/mol. The summed E-state index contributed by atoms with van der Waals surface area (Å²) in [5.41, 5.74) is 0.760. The first-order valence-corrected chi connectivity index (χ1v) is 14.7. The van der Waals surface area contributed by atoms with E-state index < -0.39 is 26.9 Å². The molecule has 1 amide bonds. The zero-order valence-electron chi connectivity index (χ0n) is 21.1. The lowest BCUT2D eigenvalue weighted by atomic mass is 9.86. The van der Waals surface area contributed by atoms with Crippen molar-refractivity contribution < 1.29 is 22.0 Å². The number of aromatic nitrogens is 1. The molecule has 1 N–H and O–H groups in total. The summed E-state index contributed by atoms with van der Waals surface area (Å²) in [6.45, 7) is 6.09. The molecule has 4 rings (SSSR count). The Hall–Kier alpha value is -1.77. The van der Waals surface area contributed by atoms with Crippen molar-refractivity contribution in [2.45, 2.75) is 126 Å². The summed E-state index contributed by atoms with van der Waals surface area (Å²) in [6, 6.07) is 3.43. The molecule has 2 saturated carbocycles. The number of aryl methyl sites for hydroxylation is 1. The minimum absolute atomic E-state index is 0.178. The van der Waals surface area contributed by atoms with Crippen LogP contribution in [0.3, 0.4) is 0 Å². The average Bonchev–Trinajstić information content (AvgIpc) is 2.80. The number of hydrogen-bond donors (Lipinski definition) is 1. The number of amides is 1. The van der Waals surface area contributed by atoms with Gasteiger partial charge in [0, 0.05) is 36.7 Å². The smallest absolute Gasteiger partial charge is 0.248 e. The second-order valence-corrected chi connectivity index (χ2v) is 13.1. The molecule has 9 heteroatoms. The molecule has 0 unspecified atom stereocenters. The van der Waals surface area contributed by atoms with Crippen molar-refractivity contribution in [1.29, 1.82) is 0 Å². The third kappa shape index (κ3) is 5.65. The molecule has 0 bridgehead atoms. The number of pyridine rings is 1. The van der Waals surface area contributed by atoms with Gasteiger partial charge in [0.15, 0.2) is 9.84 Å². The molecule has 0 spiro atoms. The SMILES string of the molecule is Cc1ccc(S(=O)(=O)[C@@H]2CCCC[C@H]2C(=O)NC2CCC(F)(F)CC2)c(N2[C@@H](C)CCC[C@@H]2C)n1. The molecule has 2 heterocycles. The zero-order chi connectivity index (χ0) is 25.4. The van der Waals surface area contributed by atoms with Gasteiger partial charge in [-0.3, -0.25) is 4.79 Å². The topological polar surface area (TPSA) is 79.4 Å². The molecule has 0 aromatic carbocycles. The molecule has 196 valence electrons. The minimum Gasteiger partial charge on any atom is -0.353 e. The Morgan fingerprint density at radius 3 is 2.29 bits per heavy atom. The fourth-order valence-corrected chi connectivity index (χ4v) is 8.36. The molecule has 6 nitrogen and oxygen atoms in total. The molecule has 2 aliphatic carbocycles. The lowest BCUT2D eigenvalue weighted by molar-refractivity contribution is -0.127. The molecule has 0 radical (unpaired) electrons. The summed E-state index contributed by atoms with van der Waals surface area (Å²) in [4.78, 5) is 20.3. The fraction of sp³-hybridized carbons (Fsp3) is 0.769. The minimum atomic E-state index is -3.84. The highest BCUT2D eigenvalue weighted by Crippen LogP contribution is 2.39. The molecule has 1 saturated heterocycles. The number of halogens is 2. The van der Waals surface area contributed by atoms with Crippen LogP contribution in [-0.2, 0) is 14.6 Å². The van der Waals surface area contributed by atoms with Gasteiger partial charge in [0.1, 0.15) is 10.7 Å². The van der Waals surface area contributed by atoms with Gasteiger partial charge in [0.05, 0.1) is 11.2 Å². The van der Waals surface area contributed by atoms with E-state index in [4.69, 9.17) is 4.98 Å². The van der Waals surface area contributed by atoms with Gasteiger partial charge in [-0.2, -0.15) is 0 Å². The maximum Gasteiger partial charge on any atom is 0.248 e. The number of sulfone groups is 1. The summed E-state index contributed by atoms with van der Waals surface area (Å²) < 4.78 is 55.3. The molecule has 1 aromatic heterocycles. The standard InChI is InChI=1S/C26H39F2N3O3S/c1-17-11-12-23(24(29-17)31-18(2)7-6-8-19(31)3)35(33,34)22-10-5-4-9-21(22)25(32)30-20-13-15-26(27,28)16-14-20/h11-12,18-22H,4-10,13-16H2,1-3H3,(H,30,32)/t18-,19-,21+,22+/m0/s1. The number of alkyl halides is 2. The number of carbonyl (C=O) groups is 1. The molecular formula is C26H39F2N3O3S. The van der Waals surface area contributed by atoms with Crippen LogP contribution in [0.4, 0.5) is 14.6 Å². The average molecular weight is 512 g/mol. The van der Waals surface area contributed by atoms with Crippen LogP contribution >= 0.6 is 0 Å². The summed E-state index contributed by atoms with van der Waals surface area (Å²) in [5.74, 6) is -3.16. The van der Waals surface area contributed by atoms with Crippen LogP contribution < -0.4 is 10.2 Å². The largest absolute Gasteiger partial charge is 0.353 e. The number of nitrogens with one attached hydrogen (secondary N) is 1. The van der Waals surface area contributed by atoms with Crippen molar-refractivity contribution in [1.82, 2.24) is 10.3 Å². The van der Waals surface area contributed by atoms with Gasteiger partial charge < -0.3 is 10.2 Å². The lowest BCUT2D eigenvalue weighted by Gasteiger charge is -2.41. The van der Waals surface area contributed by atoms with E-state index in [1.165, 1.54) is 0 Å². The van der Waals surface area contributed by atoms with Crippen LogP contribution in [-0.4, -0.2) is 48.6 Å². The van der Waals surface area contributed by atoms with Gasteiger partial charge >= 0.3 is 0 Å². The summed E-state index contributed by atoms with van der Waals surface area (Å²) in [5, 5.41) is 2.08. The molecule has 4 atom stereocenters. The number of nitrogens with zero attached hydrogens (tertiary/aromatic N) is 2. The molecular weight excluding hydrogens is 472 g/mol. The van der Waals surface area contributed by atoms with Crippen molar-refractivity contribution in [2.24, 2.45) is 5.92 Å². The highest BCUT2D eigenvalue weighted by Gasteiger charge is 2.44. The second-order valence-electron chi connectivity index (χ2n) is 10.9. The van der Waals surface area contributed by atoms with E-state index in [0.29, 0.717) is 18.7 Å². The number of rotatable bonds is 5. The van der Waals surface area contributed by atoms with E-state index in [1.807, 2.05) is 6.92 Å². The predicted octanol–water partition coefficient (Wildman–Crippen LogP) is 5.18. The van der Waals surface area contributed by atoms with Crippen LogP contribution in [0.25, 0.3) is 0 Å². The highest BCUT2D eigenvalue weighted by atomic mass is 32.2. The van der Waals surface area contributed by atoms with Crippen LogP contribution in [0.15, 0.2) is 17.0 Å². The van der Waals surface area contributed by atoms with Crippen molar-refractivity contribution >= 4 is 21.6 Å². The normalized spacial score (nSPS) is 30.1. The van der Waals surface area contributed by atoms with Crippen molar-refractivity contribution in [3.63, 3.8) is 0 Å². The van der Waals surface area contributed by atoms with E-state index in [-0.39, 0.29) is 54.6 Å². The van der Waals surface area contributed by atoms with Gasteiger partial charge in [-0.05, 0) is 77.8 Å². The Morgan fingerprint density at radius 1 is 1.00 bits per heavy atom. The van der Waals surface area contributed by atoms with Crippen LogP contribution in [0, 0.1) is 12.8 Å². The Kier molecular flexibility index (Phi) is 7.74. The third-order valence-corrected chi connectivity index (χ3v) is 10.5. The molecule has 3 aliphatic rings. The monoisotopic (exact) mass is 511 g/mol. The molecule has 1 aromatic rings. The zero-order valence-corrected chi connectivity index (χ0v) is 21.9. The van der Waals surface area contributed by atoms with Gasteiger partial charge in [0.2, 0.25) is 11.8 Å². The fourth-order valence-electron chi connectivity index (χ4n) is 6.20. The number of carbonyl (C=O) groups excluding carboxylic acids is 1. The maximum absolute atomic E-state index is 14.1. The lowest BCUT2D eigenvalue weighted by Crippen LogP contribution is -2.48. The Labute approximate surface area is 208 Å². The summed E-state index contributed by atoms with van der Waals surface area (Å²) in [6.07, 6.45) is 5.46. The van der Waals surface area contributed by atoms with Gasteiger partial charge in [-0.25, -0.2) is 22.2 Å². The summed E-state index contributed by atoms with van der Waals surface area (Å²) >= 11 is 0. The van der Waals surface area contributed by atoms with E-state index in [9.17, 15) is 22.0 Å². The van der Waals surface area contributed by atoms with Gasteiger partial charge in [-0.15, -0.1) is 0 Å². The van der Waals surface area contributed by atoms with Crippen molar-refractivity contribution in [3.8, 4) is 0 Å². The quantitative estimate of drug-likeness (QED) is 0.589. The number of anilines is 1. The maximum atomic E-state index is 14.1. The van der Waals surface area contributed by atoms with E-state index >= 15 is 0 Å².